The number of carbonyl (C=O) groups excluding carboxylic acids is 2. The normalized spacial score (nSPS) is 28.4. The van der Waals surface area contributed by atoms with Crippen molar-refractivity contribution < 1.29 is 104 Å². The van der Waals surface area contributed by atoms with Gasteiger partial charge in [0.05, 0.1) is 50.7 Å². The first-order valence-electron chi connectivity index (χ1n) is 35.6. The molecule has 23 heteroatoms. The zero-order valence-electron chi connectivity index (χ0n) is 55.7. The molecule has 18 atom stereocenters. The second-order valence-corrected chi connectivity index (χ2v) is 26.1. The van der Waals surface area contributed by atoms with Crippen LogP contribution in [0.25, 0.3) is 0 Å². The van der Waals surface area contributed by atoms with Gasteiger partial charge in [0, 0.05) is 19.8 Å². The SMILES string of the molecule is CCCCCCCCCCC/C=C/C(O)C(COC1OC(CO)C(OC2OC(CO)C(O)C(OC3(C(=O)O)CC(O)C(NC(C)=O)C(C(O)C(O)CO)O3)C2O)C(O)C1O)NC(=O)CCCCCCCCCCCCCCCCCCCCCCCCCCCC. The van der Waals surface area contributed by atoms with Gasteiger partial charge in [0.15, 0.2) is 12.6 Å². The van der Waals surface area contributed by atoms with Crippen LogP contribution >= 0.6 is 0 Å². The molecule has 0 aromatic rings. The molecule has 3 heterocycles. The average Bonchev–Trinajstić information content (AvgIpc) is 0.925. The topological polar surface area (TPSA) is 373 Å². The second kappa shape index (κ2) is 49.1. The van der Waals surface area contributed by atoms with E-state index in [0.29, 0.717) is 12.8 Å². The predicted octanol–water partition coefficient (Wildman–Crippen LogP) is 6.68. The molecule has 18 unspecified atom stereocenters. The molecule has 91 heavy (non-hydrogen) atoms. The predicted molar refractivity (Wildman–Crippen MR) is 343 cm³/mol. The largest absolute Gasteiger partial charge is 0.477 e. The number of aliphatic hydroxyl groups excluding tert-OH is 11. The van der Waals surface area contributed by atoms with Crippen LogP contribution in [0.4, 0.5) is 0 Å². The van der Waals surface area contributed by atoms with Gasteiger partial charge in [-0.15, -0.1) is 0 Å². The van der Waals surface area contributed by atoms with E-state index in [2.05, 4.69) is 24.5 Å². The molecule has 3 rings (SSSR count). The summed E-state index contributed by atoms with van der Waals surface area (Å²) >= 11 is 0. The van der Waals surface area contributed by atoms with Crippen LogP contribution in [0, 0.1) is 0 Å². The molecule has 0 aromatic heterocycles. The quantitative estimate of drug-likeness (QED) is 0.0223. The summed E-state index contributed by atoms with van der Waals surface area (Å²) in [5.74, 6) is -6.14. The van der Waals surface area contributed by atoms with Crippen LogP contribution in [0.3, 0.4) is 0 Å². The number of carbonyl (C=O) groups is 3. The zero-order chi connectivity index (χ0) is 66.8. The van der Waals surface area contributed by atoms with Crippen LogP contribution in [0.5, 0.6) is 0 Å². The fourth-order valence-corrected chi connectivity index (χ4v) is 12.5. The van der Waals surface area contributed by atoms with Crippen molar-refractivity contribution in [2.75, 3.05) is 26.4 Å². The van der Waals surface area contributed by atoms with E-state index in [0.717, 1.165) is 51.9 Å². The van der Waals surface area contributed by atoms with Crippen molar-refractivity contribution in [1.29, 1.82) is 0 Å². The Labute approximate surface area is 543 Å². The van der Waals surface area contributed by atoms with Crippen molar-refractivity contribution in [2.45, 2.75) is 375 Å². The van der Waals surface area contributed by atoms with Crippen molar-refractivity contribution in [2.24, 2.45) is 0 Å². The lowest BCUT2D eigenvalue weighted by atomic mass is 9.88. The summed E-state index contributed by atoms with van der Waals surface area (Å²) in [5, 5.41) is 136. The number of hydrogen-bond acceptors (Lipinski definition) is 20. The van der Waals surface area contributed by atoms with Crippen LogP contribution in [0.2, 0.25) is 0 Å². The number of nitrogens with one attached hydrogen (secondary N) is 2. The van der Waals surface area contributed by atoms with E-state index in [9.17, 15) is 75.7 Å². The molecule has 3 aliphatic rings. The summed E-state index contributed by atoms with van der Waals surface area (Å²) in [4.78, 5) is 38.5. The van der Waals surface area contributed by atoms with Crippen molar-refractivity contribution in [1.82, 2.24) is 10.6 Å². The van der Waals surface area contributed by atoms with Gasteiger partial charge in [-0.3, -0.25) is 9.59 Å². The highest BCUT2D eigenvalue weighted by molar-refractivity contribution is 5.77. The molecule has 534 valence electrons. The van der Waals surface area contributed by atoms with E-state index in [1.165, 1.54) is 173 Å². The second-order valence-electron chi connectivity index (χ2n) is 26.1. The molecule has 3 saturated heterocycles. The minimum atomic E-state index is -3.08. The van der Waals surface area contributed by atoms with E-state index >= 15 is 0 Å². The highest BCUT2D eigenvalue weighted by Crippen LogP contribution is 2.39. The Hall–Kier alpha value is -2.53. The number of hydrogen-bond donors (Lipinski definition) is 14. The summed E-state index contributed by atoms with van der Waals surface area (Å²) in [5.41, 5.74) is 0. The summed E-state index contributed by atoms with van der Waals surface area (Å²) in [6.45, 7) is 2.13. The van der Waals surface area contributed by atoms with E-state index in [1.807, 2.05) is 6.08 Å². The number of allylic oxidation sites excluding steroid dienone is 1. The summed E-state index contributed by atoms with van der Waals surface area (Å²) in [7, 11) is 0. The maximum absolute atomic E-state index is 13.4. The Balaban J connectivity index is 1.52. The number of amides is 2. The Bertz CT molecular complexity index is 1890. The smallest absolute Gasteiger partial charge is 0.364 e. The van der Waals surface area contributed by atoms with Crippen LogP contribution < -0.4 is 10.6 Å². The molecule has 23 nitrogen and oxygen atoms in total. The van der Waals surface area contributed by atoms with Gasteiger partial charge in [0.2, 0.25) is 11.8 Å². The van der Waals surface area contributed by atoms with Gasteiger partial charge in [0.25, 0.3) is 5.79 Å². The van der Waals surface area contributed by atoms with Crippen LogP contribution in [-0.4, -0.2) is 215 Å². The highest BCUT2D eigenvalue weighted by atomic mass is 16.8. The summed E-state index contributed by atoms with van der Waals surface area (Å²) in [6.07, 6.45) is 18.6. The van der Waals surface area contributed by atoms with Crippen molar-refractivity contribution >= 4 is 17.8 Å². The van der Waals surface area contributed by atoms with Crippen molar-refractivity contribution in [3.63, 3.8) is 0 Å². The molecule has 0 saturated carbocycles. The molecule has 3 aliphatic heterocycles. The molecule has 14 N–H and O–H groups in total. The summed E-state index contributed by atoms with van der Waals surface area (Å²) in [6, 6.07) is -2.61. The third kappa shape index (κ3) is 31.5. The van der Waals surface area contributed by atoms with Gasteiger partial charge in [-0.25, -0.2) is 4.79 Å². The standard InChI is InChI=1S/C68H126N2O21/c1-4-6-8-10-12-14-16-17-18-19-20-21-22-23-24-25-26-27-28-29-30-32-34-36-38-40-42-55(78)70-49(50(75)41-39-37-35-33-31-15-13-11-9-7-5-2)47-86-65-60(82)59(81)62(54(46-73)88-65)89-66-61(83)64(58(80)53(45-72)87-66)91-68(67(84)85)43-51(76)56(69-48(3)74)63(90-68)57(79)52(77)44-71/h39,41,49-54,56-66,71-73,75-77,79-83H,4-38,40,42-47H2,1-3H3,(H,69,74)(H,70,78)(H,84,85)/b41-39+. The summed E-state index contributed by atoms with van der Waals surface area (Å²) < 4.78 is 34.8. The highest BCUT2D eigenvalue weighted by Gasteiger charge is 2.60. The Morgan fingerprint density at radius 3 is 1.46 bits per heavy atom. The average molecular weight is 1310 g/mol. The molecular formula is C68H126N2O21. The fraction of sp³-hybridized carbons (Fsp3) is 0.926. The Morgan fingerprint density at radius 1 is 0.571 bits per heavy atom. The molecular weight excluding hydrogens is 1180 g/mol. The maximum Gasteiger partial charge on any atom is 0.364 e. The Kier molecular flexibility index (Phi) is 44.6. The first kappa shape index (κ1) is 82.7. The third-order valence-corrected chi connectivity index (χ3v) is 18.2. The lowest BCUT2D eigenvalue weighted by Gasteiger charge is -2.50. The number of aliphatic carboxylic acids is 1. The van der Waals surface area contributed by atoms with Gasteiger partial charge in [-0.1, -0.05) is 238 Å². The fourth-order valence-electron chi connectivity index (χ4n) is 12.5. The number of rotatable bonds is 54. The first-order valence-corrected chi connectivity index (χ1v) is 35.6. The zero-order valence-corrected chi connectivity index (χ0v) is 55.7. The molecule has 3 fully saturated rings. The van der Waals surface area contributed by atoms with E-state index in [4.69, 9.17) is 28.4 Å². The van der Waals surface area contributed by atoms with Crippen LogP contribution in [0.15, 0.2) is 12.2 Å². The maximum atomic E-state index is 13.4. The van der Waals surface area contributed by atoms with Gasteiger partial charge in [-0.05, 0) is 19.3 Å². The van der Waals surface area contributed by atoms with E-state index < -0.39 is 155 Å². The molecule has 2 amide bonds. The molecule has 0 aliphatic carbocycles. The van der Waals surface area contributed by atoms with E-state index in [1.54, 1.807) is 6.08 Å². The minimum absolute atomic E-state index is 0.205. The lowest BCUT2D eigenvalue weighted by Crippen LogP contribution is -2.70. The van der Waals surface area contributed by atoms with Crippen LogP contribution in [0.1, 0.15) is 265 Å². The number of aliphatic hydroxyl groups is 11. The number of carboxylic acids is 1. The third-order valence-electron chi connectivity index (χ3n) is 18.2. The number of unbranched alkanes of at least 4 members (excludes halogenated alkanes) is 34. The molecule has 0 bridgehead atoms. The Morgan fingerprint density at radius 2 is 1.02 bits per heavy atom. The number of carboxylic acid groups (broad SMARTS) is 1. The van der Waals surface area contributed by atoms with Crippen LogP contribution in [-0.2, 0) is 42.8 Å². The molecule has 0 radical (unpaired) electrons. The first-order chi connectivity index (χ1) is 43.9. The lowest BCUT2D eigenvalue weighted by molar-refractivity contribution is -0.386. The van der Waals surface area contributed by atoms with Crippen molar-refractivity contribution in [3.8, 4) is 0 Å². The molecule has 0 aromatic carbocycles. The van der Waals surface area contributed by atoms with Gasteiger partial charge in [0.1, 0.15) is 67.1 Å². The minimum Gasteiger partial charge on any atom is -0.477 e. The molecule has 0 spiro atoms. The van der Waals surface area contributed by atoms with Gasteiger partial charge >= 0.3 is 5.97 Å². The van der Waals surface area contributed by atoms with Crippen molar-refractivity contribution in [3.05, 3.63) is 12.2 Å². The monoisotopic (exact) mass is 1310 g/mol. The number of ether oxygens (including phenoxy) is 6. The van der Waals surface area contributed by atoms with E-state index in [-0.39, 0.29) is 12.3 Å². The van der Waals surface area contributed by atoms with Gasteiger partial charge in [-0.2, -0.15) is 0 Å². The van der Waals surface area contributed by atoms with Gasteiger partial charge < -0.3 is 100 Å².